The minimum Gasteiger partial charge on any atom is -0.496 e. The standard InChI is InChI=1S/C20H20ClF3N2O4S/c1-3-10-26(13-19(27)25-12-14-6-4-5-7-18(14)30-2)31(28,29)15-8-9-17(21)16(11-15)20(22,23)24/h3-9,11H,1,10,12-13H2,2H3,(H,25,27). The monoisotopic (exact) mass is 476 g/mol. The number of para-hydroxylation sites is 1. The fourth-order valence-electron chi connectivity index (χ4n) is 2.68. The number of hydrogen-bond donors (Lipinski definition) is 1. The van der Waals surface area contributed by atoms with E-state index in [4.69, 9.17) is 16.3 Å². The summed E-state index contributed by atoms with van der Waals surface area (Å²) in [6.07, 6.45) is -3.61. The SMILES string of the molecule is C=CCN(CC(=O)NCc1ccccc1OC)S(=O)(=O)c1ccc(Cl)c(C(F)(F)F)c1. The van der Waals surface area contributed by atoms with Gasteiger partial charge < -0.3 is 10.1 Å². The zero-order valence-corrected chi connectivity index (χ0v) is 18.0. The normalized spacial score (nSPS) is 11.9. The molecular formula is C20H20ClF3N2O4S. The fraction of sp³-hybridized carbons (Fsp3) is 0.250. The number of amides is 1. The summed E-state index contributed by atoms with van der Waals surface area (Å²) in [5, 5.41) is 1.94. The number of hydrogen-bond acceptors (Lipinski definition) is 4. The van der Waals surface area contributed by atoms with Gasteiger partial charge in [-0.15, -0.1) is 6.58 Å². The van der Waals surface area contributed by atoms with E-state index >= 15 is 0 Å². The summed E-state index contributed by atoms with van der Waals surface area (Å²) in [6, 6.07) is 9.18. The Morgan fingerprint density at radius 3 is 2.55 bits per heavy atom. The molecule has 1 N–H and O–H groups in total. The van der Waals surface area contributed by atoms with E-state index in [2.05, 4.69) is 11.9 Å². The second kappa shape index (κ2) is 10.2. The Kier molecular flexibility index (Phi) is 8.10. The van der Waals surface area contributed by atoms with Crippen molar-refractivity contribution in [3.05, 3.63) is 71.3 Å². The minimum absolute atomic E-state index is 0.0734. The van der Waals surface area contributed by atoms with Gasteiger partial charge in [-0.2, -0.15) is 17.5 Å². The lowest BCUT2D eigenvalue weighted by Crippen LogP contribution is -2.40. The van der Waals surface area contributed by atoms with E-state index in [1.807, 2.05) is 0 Å². The number of carbonyl (C=O) groups is 1. The lowest BCUT2D eigenvalue weighted by molar-refractivity contribution is -0.137. The lowest BCUT2D eigenvalue weighted by Gasteiger charge is -2.21. The summed E-state index contributed by atoms with van der Waals surface area (Å²) in [6.45, 7) is 2.62. The second-order valence-electron chi connectivity index (χ2n) is 6.31. The molecule has 1 amide bonds. The van der Waals surface area contributed by atoms with E-state index in [0.29, 0.717) is 17.4 Å². The number of ether oxygens (including phenoxy) is 1. The molecule has 0 atom stereocenters. The quantitative estimate of drug-likeness (QED) is 0.558. The molecule has 2 aromatic rings. The van der Waals surface area contributed by atoms with Gasteiger partial charge in [-0.05, 0) is 24.3 Å². The van der Waals surface area contributed by atoms with Crippen LogP contribution in [0.2, 0.25) is 5.02 Å². The van der Waals surface area contributed by atoms with Gasteiger partial charge in [-0.25, -0.2) is 8.42 Å². The summed E-state index contributed by atoms with van der Waals surface area (Å²) < 4.78 is 71.0. The summed E-state index contributed by atoms with van der Waals surface area (Å²) in [7, 11) is -2.96. The van der Waals surface area contributed by atoms with Crippen molar-refractivity contribution in [2.24, 2.45) is 0 Å². The molecule has 168 valence electrons. The van der Waals surface area contributed by atoms with Crippen LogP contribution < -0.4 is 10.1 Å². The molecule has 0 aliphatic carbocycles. The molecule has 0 bridgehead atoms. The van der Waals surface area contributed by atoms with Gasteiger partial charge in [0.1, 0.15) is 5.75 Å². The first kappa shape index (κ1) is 24.7. The molecule has 0 spiro atoms. The highest BCUT2D eigenvalue weighted by Crippen LogP contribution is 2.36. The summed E-state index contributed by atoms with van der Waals surface area (Å²) >= 11 is 5.56. The molecule has 0 saturated carbocycles. The Morgan fingerprint density at radius 1 is 1.26 bits per heavy atom. The number of nitrogens with one attached hydrogen (secondary N) is 1. The van der Waals surface area contributed by atoms with Crippen LogP contribution >= 0.6 is 11.6 Å². The van der Waals surface area contributed by atoms with Crippen molar-refractivity contribution in [3.8, 4) is 5.75 Å². The summed E-state index contributed by atoms with van der Waals surface area (Å²) in [5.74, 6) is -0.111. The third kappa shape index (κ3) is 6.22. The molecule has 31 heavy (non-hydrogen) atoms. The molecule has 0 unspecified atom stereocenters. The van der Waals surface area contributed by atoms with Crippen molar-refractivity contribution < 1.29 is 31.1 Å². The number of rotatable bonds is 9. The molecule has 2 aromatic carbocycles. The first-order valence-corrected chi connectivity index (χ1v) is 10.7. The minimum atomic E-state index is -4.84. The molecule has 0 aliphatic rings. The number of benzene rings is 2. The molecule has 0 heterocycles. The predicted octanol–water partition coefficient (Wildman–Crippen LogP) is 3.86. The van der Waals surface area contributed by atoms with E-state index in [9.17, 15) is 26.4 Å². The van der Waals surface area contributed by atoms with Crippen LogP contribution in [0.3, 0.4) is 0 Å². The maximum absolute atomic E-state index is 13.1. The Hall–Kier alpha value is -2.56. The maximum atomic E-state index is 13.1. The molecular weight excluding hydrogens is 457 g/mol. The van der Waals surface area contributed by atoms with Gasteiger partial charge in [0.2, 0.25) is 15.9 Å². The van der Waals surface area contributed by atoms with Gasteiger partial charge in [0, 0.05) is 18.7 Å². The van der Waals surface area contributed by atoms with Crippen LogP contribution in [0.5, 0.6) is 5.75 Å². The zero-order valence-electron chi connectivity index (χ0n) is 16.4. The van der Waals surface area contributed by atoms with Crippen LogP contribution in [-0.2, 0) is 27.5 Å². The van der Waals surface area contributed by atoms with Crippen molar-refractivity contribution in [2.75, 3.05) is 20.2 Å². The molecule has 0 aromatic heterocycles. The van der Waals surface area contributed by atoms with E-state index < -0.39 is 44.1 Å². The molecule has 0 radical (unpaired) electrons. The lowest BCUT2D eigenvalue weighted by atomic mass is 10.2. The molecule has 6 nitrogen and oxygen atoms in total. The molecule has 11 heteroatoms. The number of alkyl halides is 3. The Labute approximate surface area is 183 Å². The summed E-state index contributed by atoms with van der Waals surface area (Å²) in [5.41, 5.74) is -0.613. The van der Waals surface area contributed by atoms with Crippen molar-refractivity contribution in [1.82, 2.24) is 9.62 Å². The average molecular weight is 477 g/mol. The van der Waals surface area contributed by atoms with Crippen LogP contribution in [0, 0.1) is 0 Å². The van der Waals surface area contributed by atoms with Gasteiger partial charge in [0.25, 0.3) is 0 Å². The fourth-order valence-corrected chi connectivity index (χ4v) is 4.30. The van der Waals surface area contributed by atoms with Crippen LogP contribution in [0.4, 0.5) is 13.2 Å². The number of carbonyl (C=O) groups excluding carboxylic acids is 1. The smallest absolute Gasteiger partial charge is 0.417 e. The third-order valence-electron chi connectivity index (χ3n) is 4.20. The highest BCUT2D eigenvalue weighted by molar-refractivity contribution is 7.89. The first-order valence-electron chi connectivity index (χ1n) is 8.87. The molecule has 0 aliphatic heterocycles. The van der Waals surface area contributed by atoms with E-state index in [1.54, 1.807) is 24.3 Å². The van der Waals surface area contributed by atoms with Gasteiger partial charge in [-0.3, -0.25) is 4.79 Å². The number of halogens is 4. The van der Waals surface area contributed by atoms with E-state index in [1.165, 1.54) is 13.2 Å². The van der Waals surface area contributed by atoms with E-state index in [-0.39, 0.29) is 13.1 Å². The van der Waals surface area contributed by atoms with Crippen LogP contribution in [0.25, 0.3) is 0 Å². The molecule has 0 saturated heterocycles. The van der Waals surface area contributed by atoms with Crippen molar-refractivity contribution >= 4 is 27.5 Å². The summed E-state index contributed by atoms with van der Waals surface area (Å²) in [4.78, 5) is 11.7. The highest BCUT2D eigenvalue weighted by atomic mass is 35.5. The predicted molar refractivity (Wildman–Crippen MR) is 110 cm³/mol. The average Bonchev–Trinajstić information content (AvgIpc) is 2.71. The topological polar surface area (TPSA) is 75.7 Å². The third-order valence-corrected chi connectivity index (χ3v) is 6.34. The Balaban J connectivity index is 2.22. The Morgan fingerprint density at radius 2 is 1.94 bits per heavy atom. The molecule has 2 rings (SSSR count). The molecule has 0 fully saturated rings. The van der Waals surface area contributed by atoms with Gasteiger partial charge in [0.05, 0.1) is 29.1 Å². The number of methoxy groups -OCH3 is 1. The van der Waals surface area contributed by atoms with Crippen molar-refractivity contribution in [3.63, 3.8) is 0 Å². The second-order valence-corrected chi connectivity index (χ2v) is 8.66. The van der Waals surface area contributed by atoms with Crippen LogP contribution in [-0.4, -0.2) is 38.8 Å². The van der Waals surface area contributed by atoms with Gasteiger partial charge >= 0.3 is 6.18 Å². The van der Waals surface area contributed by atoms with Crippen LogP contribution in [0.1, 0.15) is 11.1 Å². The van der Waals surface area contributed by atoms with Crippen molar-refractivity contribution in [2.45, 2.75) is 17.6 Å². The van der Waals surface area contributed by atoms with Crippen LogP contribution in [0.15, 0.2) is 60.0 Å². The Bertz CT molecular complexity index is 1060. The van der Waals surface area contributed by atoms with Crippen molar-refractivity contribution in [1.29, 1.82) is 0 Å². The van der Waals surface area contributed by atoms with E-state index in [0.717, 1.165) is 16.4 Å². The van der Waals surface area contributed by atoms with Gasteiger partial charge in [0.15, 0.2) is 0 Å². The maximum Gasteiger partial charge on any atom is 0.417 e. The highest BCUT2D eigenvalue weighted by Gasteiger charge is 2.35. The zero-order chi connectivity index (χ0) is 23.2. The van der Waals surface area contributed by atoms with Gasteiger partial charge in [-0.1, -0.05) is 35.9 Å². The first-order chi connectivity index (χ1) is 14.5. The number of nitrogens with zero attached hydrogens (tertiary/aromatic N) is 1. The largest absolute Gasteiger partial charge is 0.496 e. The number of sulfonamides is 1.